The summed E-state index contributed by atoms with van der Waals surface area (Å²) in [5.41, 5.74) is 0.702. The highest BCUT2D eigenvalue weighted by molar-refractivity contribution is 9.10. The molecule has 108 valence electrons. The predicted octanol–water partition coefficient (Wildman–Crippen LogP) is 4.06. The number of nitro groups is 1. The molecule has 5 nitrogen and oxygen atoms in total. The zero-order chi connectivity index (χ0) is 15.6. The number of nitrogens with zero attached hydrogens (tertiary/aromatic N) is 1. The van der Waals surface area contributed by atoms with Crippen LogP contribution >= 0.6 is 15.9 Å². The highest BCUT2D eigenvalue weighted by atomic mass is 79.9. The summed E-state index contributed by atoms with van der Waals surface area (Å²) in [4.78, 5) is 21.8. The van der Waals surface area contributed by atoms with Crippen LogP contribution in [-0.2, 0) is 0 Å². The lowest BCUT2D eigenvalue weighted by Gasteiger charge is -2.09. The number of aryl methyl sites for hydroxylation is 1. The molecular formula is C14H10BrFN2O3. The van der Waals surface area contributed by atoms with Gasteiger partial charge in [0.15, 0.2) is 0 Å². The van der Waals surface area contributed by atoms with Crippen LogP contribution in [0.25, 0.3) is 0 Å². The van der Waals surface area contributed by atoms with E-state index in [2.05, 4.69) is 21.2 Å². The average Bonchev–Trinajstić information content (AvgIpc) is 2.41. The fourth-order valence-corrected chi connectivity index (χ4v) is 2.23. The molecule has 0 unspecified atom stereocenters. The SMILES string of the molecule is Cc1cc(Br)ccc1NC(=O)c1ccc([N+](=O)[O-])cc1F. The van der Waals surface area contributed by atoms with Gasteiger partial charge >= 0.3 is 0 Å². The monoisotopic (exact) mass is 352 g/mol. The molecule has 0 heterocycles. The Bertz CT molecular complexity index is 734. The number of benzene rings is 2. The number of amides is 1. The van der Waals surface area contributed by atoms with Gasteiger partial charge in [-0.3, -0.25) is 14.9 Å². The van der Waals surface area contributed by atoms with Crippen molar-refractivity contribution in [3.8, 4) is 0 Å². The van der Waals surface area contributed by atoms with Gasteiger partial charge in [-0.25, -0.2) is 4.39 Å². The lowest BCUT2D eigenvalue weighted by molar-refractivity contribution is -0.385. The van der Waals surface area contributed by atoms with Crippen LogP contribution in [0.5, 0.6) is 0 Å². The third-order valence-corrected chi connectivity index (χ3v) is 3.34. The van der Waals surface area contributed by atoms with Gasteiger partial charge in [0.05, 0.1) is 16.6 Å². The minimum absolute atomic E-state index is 0.247. The third-order valence-electron chi connectivity index (χ3n) is 2.84. The normalized spacial score (nSPS) is 10.2. The van der Waals surface area contributed by atoms with Gasteiger partial charge in [0.1, 0.15) is 5.82 Å². The van der Waals surface area contributed by atoms with Crippen molar-refractivity contribution in [2.75, 3.05) is 5.32 Å². The Morgan fingerprint density at radius 1 is 1.29 bits per heavy atom. The van der Waals surface area contributed by atoms with Crippen molar-refractivity contribution in [3.63, 3.8) is 0 Å². The molecule has 2 aromatic carbocycles. The molecule has 0 aliphatic heterocycles. The summed E-state index contributed by atoms with van der Waals surface area (Å²) in [5, 5.41) is 13.1. The van der Waals surface area contributed by atoms with Crippen LogP contribution in [0.2, 0.25) is 0 Å². The summed E-state index contributed by atoms with van der Waals surface area (Å²) >= 11 is 3.30. The van der Waals surface area contributed by atoms with Crippen LogP contribution < -0.4 is 5.32 Å². The number of carbonyl (C=O) groups is 1. The smallest absolute Gasteiger partial charge is 0.272 e. The molecule has 0 bridgehead atoms. The topological polar surface area (TPSA) is 72.2 Å². The molecule has 0 fully saturated rings. The molecule has 1 N–H and O–H groups in total. The number of rotatable bonds is 3. The number of carbonyl (C=O) groups excluding carboxylic acids is 1. The van der Waals surface area contributed by atoms with E-state index < -0.39 is 22.3 Å². The predicted molar refractivity (Wildman–Crippen MR) is 79.9 cm³/mol. The van der Waals surface area contributed by atoms with E-state index in [4.69, 9.17) is 0 Å². The Morgan fingerprint density at radius 2 is 2.00 bits per heavy atom. The van der Waals surface area contributed by atoms with E-state index in [1.165, 1.54) is 0 Å². The van der Waals surface area contributed by atoms with E-state index in [0.29, 0.717) is 5.69 Å². The molecule has 0 saturated heterocycles. The van der Waals surface area contributed by atoms with Crippen molar-refractivity contribution >= 4 is 33.2 Å². The number of nitrogens with one attached hydrogen (secondary N) is 1. The highest BCUT2D eigenvalue weighted by Gasteiger charge is 2.16. The second-order valence-electron chi connectivity index (χ2n) is 4.33. The van der Waals surface area contributed by atoms with Crippen molar-refractivity contribution in [1.82, 2.24) is 0 Å². The quantitative estimate of drug-likeness (QED) is 0.668. The Morgan fingerprint density at radius 3 is 2.57 bits per heavy atom. The van der Waals surface area contributed by atoms with Gasteiger partial charge in [-0.05, 0) is 36.8 Å². The Hall–Kier alpha value is -2.28. The molecule has 1 amide bonds. The van der Waals surface area contributed by atoms with Crippen LogP contribution in [0.4, 0.5) is 15.8 Å². The summed E-state index contributed by atoms with van der Waals surface area (Å²) in [5.74, 6) is -1.59. The van der Waals surface area contributed by atoms with Crippen LogP contribution in [0.15, 0.2) is 40.9 Å². The highest BCUT2D eigenvalue weighted by Crippen LogP contribution is 2.22. The van der Waals surface area contributed by atoms with Crippen LogP contribution in [-0.4, -0.2) is 10.8 Å². The van der Waals surface area contributed by atoms with Crippen LogP contribution in [0, 0.1) is 22.9 Å². The largest absolute Gasteiger partial charge is 0.322 e. The number of anilines is 1. The molecule has 0 spiro atoms. The lowest BCUT2D eigenvalue weighted by atomic mass is 10.1. The molecule has 21 heavy (non-hydrogen) atoms. The molecule has 7 heteroatoms. The third kappa shape index (κ3) is 3.43. The van der Waals surface area contributed by atoms with Crippen LogP contribution in [0.1, 0.15) is 15.9 Å². The molecule has 2 rings (SSSR count). The maximum absolute atomic E-state index is 13.8. The average molecular weight is 353 g/mol. The maximum atomic E-state index is 13.8. The van der Waals surface area contributed by atoms with Gasteiger partial charge in [-0.1, -0.05) is 15.9 Å². The first-order valence-electron chi connectivity index (χ1n) is 5.90. The van der Waals surface area contributed by atoms with E-state index in [-0.39, 0.29) is 5.56 Å². The molecule has 0 atom stereocenters. The van der Waals surface area contributed by atoms with Gasteiger partial charge in [0.25, 0.3) is 11.6 Å². The van der Waals surface area contributed by atoms with Crippen molar-refractivity contribution in [3.05, 3.63) is 67.9 Å². The summed E-state index contributed by atoms with van der Waals surface area (Å²) in [7, 11) is 0. The zero-order valence-corrected chi connectivity index (χ0v) is 12.5. The Balaban J connectivity index is 2.26. The number of hydrogen-bond acceptors (Lipinski definition) is 3. The minimum atomic E-state index is -0.934. The molecule has 0 aromatic heterocycles. The summed E-state index contributed by atoms with van der Waals surface area (Å²) in [6.07, 6.45) is 0. The molecule has 0 aliphatic rings. The number of nitro benzene ring substituents is 1. The van der Waals surface area contributed by atoms with Gasteiger partial charge in [-0.2, -0.15) is 0 Å². The summed E-state index contributed by atoms with van der Waals surface area (Å²) in [6, 6.07) is 8.14. The summed E-state index contributed by atoms with van der Waals surface area (Å²) < 4.78 is 14.6. The van der Waals surface area contributed by atoms with E-state index in [0.717, 1.165) is 28.2 Å². The maximum Gasteiger partial charge on any atom is 0.272 e. The first-order chi connectivity index (χ1) is 9.88. The molecule has 0 radical (unpaired) electrons. The molecule has 0 saturated carbocycles. The summed E-state index contributed by atoms with van der Waals surface area (Å²) in [6.45, 7) is 1.80. The van der Waals surface area contributed by atoms with Gasteiger partial charge < -0.3 is 5.32 Å². The van der Waals surface area contributed by atoms with Gasteiger partial charge in [0.2, 0.25) is 0 Å². The Kier molecular flexibility index (Phi) is 4.32. The van der Waals surface area contributed by atoms with Crippen molar-refractivity contribution in [1.29, 1.82) is 0 Å². The number of halogens is 2. The van der Waals surface area contributed by atoms with E-state index in [9.17, 15) is 19.3 Å². The zero-order valence-electron chi connectivity index (χ0n) is 10.9. The number of hydrogen-bond donors (Lipinski definition) is 1. The van der Waals surface area contributed by atoms with E-state index >= 15 is 0 Å². The molecule has 0 aliphatic carbocycles. The number of non-ortho nitro benzene ring substituents is 1. The molecular weight excluding hydrogens is 343 g/mol. The fraction of sp³-hybridized carbons (Fsp3) is 0.0714. The van der Waals surface area contributed by atoms with Gasteiger partial charge in [-0.15, -0.1) is 0 Å². The first kappa shape index (κ1) is 15.1. The second kappa shape index (κ2) is 6.01. The van der Waals surface area contributed by atoms with Gasteiger partial charge in [0, 0.05) is 16.2 Å². The van der Waals surface area contributed by atoms with Crippen molar-refractivity contribution < 1.29 is 14.1 Å². The standard InChI is InChI=1S/C14H10BrFN2O3/c1-8-6-9(15)2-5-13(8)17-14(19)11-4-3-10(18(20)21)7-12(11)16/h2-7H,1H3,(H,17,19). The van der Waals surface area contributed by atoms with Crippen molar-refractivity contribution in [2.45, 2.75) is 6.92 Å². The fourth-order valence-electron chi connectivity index (χ4n) is 1.76. The first-order valence-corrected chi connectivity index (χ1v) is 6.69. The van der Waals surface area contributed by atoms with E-state index in [1.807, 2.05) is 6.07 Å². The second-order valence-corrected chi connectivity index (χ2v) is 5.25. The lowest BCUT2D eigenvalue weighted by Crippen LogP contribution is -2.14. The Labute approximate surface area is 128 Å². The molecule has 2 aromatic rings. The van der Waals surface area contributed by atoms with Crippen LogP contribution in [0.3, 0.4) is 0 Å². The van der Waals surface area contributed by atoms with Crippen molar-refractivity contribution in [2.24, 2.45) is 0 Å². The minimum Gasteiger partial charge on any atom is -0.322 e. The van der Waals surface area contributed by atoms with E-state index in [1.54, 1.807) is 19.1 Å².